The number of carbonyl (C=O) groups is 2. The van der Waals surface area contributed by atoms with E-state index in [1.165, 1.54) is 0 Å². The molecule has 1 N–H and O–H groups in total. The summed E-state index contributed by atoms with van der Waals surface area (Å²) in [6.45, 7) is 12.5. The van der Waals surface area contributed by atoms with Crippen molar-refractivity contribution in [2.45, 2.75) is 27.7 Å². The molecule has 6 heteroatoms. The van der Waals surface area contributed by atoms with Crippen molar-refractivity contribution in [3.63, 3.8) is 0 Å². The molecule has 0 radical (unpaired) electrons. The average Bonchev–Trinajstić information content (AvgIpc) is 2.58. The zero-order valence-corrected chi connectivity index (χ0v) is 16.4. The van der Waals surface area contributed by atoms with E-state index < -0.39 is 0 Å². The Labute approximate surface area is 156 Å². The number of ether oxygens (including phenoxy) is 1. The third kappa shape index (κ3) is 6.42. The third-order valence-electron chi connectivity index (χ3n) is 4.48. The second-order valence-electron chi connectivity index (χ2n) is 7.73. The zero-order chi connectivity index (χ0) is 19.2. The normalized spacial score (nSPS) is 16.3. The molecule has 1 heterocycles. The molecule has 0 unspecified atom stereocenters. The summed E-state index contributed by atoms with van der Waals surface area (Å²) >= 11 is 0. The maximum Gasteiger partial charge on any atom is 0.238 e. The molecule has 1 aliphatic rings. The molecule has 144 valence electrons. The van der Waals surface area contributed by atoms with E-state index >= 15 is 0 Å². The van der Waals surface area contributed by atoms with Gasteiger partial charge in [-0.2, -0.15) is 0 Å². The summed E-state index contributed by atoms with van der Waals surface area (Å²) in [5.41, 5.74) is 0.474. The number of piperazine rings is 1. The van der Waals surface area contributed by atoms with E-state index in [1.54, 1.807) is 0 Å². The van der Waals surface area contributed by atoms with Crippen LogP contribution in [0.5, 0.6) is 5.75 Å². The van der Waals surface area contributed by atoms with Gasteiger partial charge in [-0.05, 0) is 31.2 Å². The van der Waals surface area contributed by atoms with Gasteiger partial charge < -0.3 is 10.1 Å². The zero-order valence-electron chi connectivity index (χ0n) is 16.4. The van der Waals surface area contributed by atoms with Crippen molar-refractivity contribution in [1.82, 2.24) is 9.80 Å². The molecule has 0 spiro atoms. The fraction of sp³-hybridized carbons (Fsp3) is 0.600. The highest BCUT2D eigenvalue weighted by Gasteiger charge is 2.26. The molecule has 1 fully saturated rings. The number of hydrogen-bond donors (Lipinski definition) is 1. The number of anilines is 1. The van der Waals surface area contributed by atoms with Crippen LogP contribution in [0, 0.1) is 5.41 Å². The van der Waals surface area contributed by atoms with Gasteiger partial charge >= 0.3 is 0 Å². The predicted octanol–water partition coefficient (Wildman–Crippen LogP) is 2.26. The van der Waals surface area contributed by atoms with Gasteiger partial charge in [0.15, 0.2) is 5.78 Å². The highest BCUT2D eigenvalue weighted by atomic mass is 16.5. The van der Waals surface area contributed by atoms with Gasteiger partial charge in [0.2, 0.25) is 5.91 Å². The van der Waals surface area contributed by atoms with Crippen LogP contribution in [0.25, 0.3) is 0 Å². The molecule has 1 aromatic carbocycles. The lowest BCUT2D eigenvalue weighted by Gasteiger charge is -2.35. The van der Waals surface area contributed by atoms with Crippen LogP contribution in [0.1, 0.15) is 27.7 Å². The Morgan fingerprint density at radius 3 is 2.04 bits per heavy atom. The van der Waals surface area contributed by atoms with E-state index in [4.69, 9.17) is 4.74 Å². The van der Waals surface area contributed by atoms with E-state index in [0.29, 0.717) is 19.7 Å². The first-order valence-corrected chi connectivity index (χ1v) is 9.28. The van der Waals surface area contributed by atoms with Crippen LogP contribution in [0.3, 0.4) is 0 Å². The Hall–Kier alpha value is -1.92. The number of nitrogens with zero attached hydrogens (tertiary/aromatic N) is 2. The second-order valence-corrected chi connectivity index (χ2v) is 7.73. The molecule has 0 bridgehead atoms. The number of nitrogens with one attached hydrogen (secondary N) is 1. The number of hydrogen-bond acceptors (Lipinski definition) is 5. The molecule has 26 heavy (non-hydrogen) atoms. The number of amides is 1. The van der Waals surface area contributed by atoms with Gasteiger partial charge in [0.05, 0.1) is 19.7 Å². The fourth-order valence-corrected chi connectivity index (χ4v) is 2.75. The monoisotopic (exact) mass is 361 g/mol. The first-order valence-electron chi connectivity index (χ1n) is 9.28. The molecule has 2 rings (SSSR count). The van der Waals surface area contributed by atoms with Gasteiger partial charge in [-0.15, -0.1) is 0 Å². The van der Waals surface area contributed by atoms with Crippen molar-refractivity contribution < 1.29 is 14.3 Å². The quantitative estimate of drug-likeness (QED) is 0.807. The number of benzene rings is 1. The Morgan fingerprint density at radius 1 is 1.00 bits per heavy atom. The molecule has 6 nitrogen and oxygen atoms in total. The minimum absolute atomic E-state index is 0.0200. The number of Topliss-reactive ketones (excluding diaryl/α,β-unsaturated/α-hetero) is 1. The molecule has 1 aromatic rings. The molecular formula is C20H31N3O3. The molecule has 1 aliphatic heterocycles. The minimum Gasteiger partial charge on any atom is -0.494 e. The molecule has 0 aromatic heterocycles. The largest absolute Gasteiger partial charge is 0.494 e. The molecule has 1 amide bonds. The van der Waals surface area contributed by atoms with Gasteiger partial charge in [0.25, 0.3) is 0 Å². The van der Waals surface area contributed by atoms with Crippen LogP contribution in [0.2, 0.25) is 0 Å². The number of rotatable bonds is 7. The van der Waals surface area contributed by atoms with Crippen LogP contribution in [-0.2, 0) is 9.59 Å². The van der Waals surface area contributed by atoms with Crippen LogP contribution >= 0.6 is 0 Å². The van der Waals surface area contributed by atoms with Crippen molar-refractivity contribution >= 4 is 17.4 Å². The molecule has 0 saturated carbocycles. The topological polar surface area (TPSA) is 61.9 Å². The summed E-state index contributed by atoms with van der Waals surface area (Å²) in [6.07, 6.45) is 0. The number of ketones is 1. The van der Waals surface area contributed by atoms with Gasteiger partial charge in [-0.25, -0.2) is 0 Å². The van der Waals surface area contributed by atoms with Crippen molar-refractivity contribution in [2.75, 3.05) is 51.2 Å². The van der Waals surface area contributed by atoms with Gasteiger partial charge in [-0.1, -0.05) is 20.8 Å². The van der Waals surface area contributed by atoms with Gasteiger partial charge in [-0.3, -0.25) is 19.4 Å². The van der Waals surface area contributed by atoms with E-state index in [1.807, 2.05) is 52.0 Å². The van der Waals surface area contributed by atoms with E-state index in [-0.39, 0.29) is 17.1 Å². The highest BCUT2D eigenvalue weighted by Crippen LogP contribution is 2.17. The fourth-order valence-electron chi connectivity index (χ4n) is 2.75. The maximum atomic E-state index is 12.2. The van der Waals surface area contributed by atoms with Crippen molar-refractivity contribution in [2.24, 2.45) is 5.41 Å². The van der Waals surface area contributed by atoms with Crippen LogP contribution in [0.4, 0.5) is 5.69 Å². The number of carbonyl (C=O) groups excluding carboxylic acids is 2. The van der Waals surface area contributed by atoms with Gasteiger partial charge in [0, 0.05) is 37.3 Å². The summed E-state index contributed by atoms with van der Waals surface area (Å²) in [5.74, 6) is 1.04. The summed E-state index contributed by atoms with van der Waals surface area (Å²) in [6, 6.07) is 7.39. The van der Waals surface area contributed by atoms with Crippen LogP contribution in [-0.4, -0.2) is 67.4 Å². The molecular weight excluding hydrogens is 330 g/mol. The Kier molecular flexibility index (Phi) is 7.17. The summed E-state index contributed by atoms with van der Waals surface area (Å²) < 4.78 is 5.40. The van der Waals surface area contributed by atoms with Crippen molar-refractivity contribution in [1.29, 1.82) is 0 Å². The molecule has 0 aliphatic carbocycles. The van der Waals surface area contributed by atoms with E-state index in [2.05, 4.69) is 15.1 Å². The maximum absolute atomic E-state index is 12.2. The van der Waals surface area contributed by atoms with Gasteiger partial charge in [0.1, 0.15) is 5.75 Å². The lowest BCUT2D eigenvalue weighted by molar-refractivity contribution is -0.128. The summed E-state index contributed by atoms with van der Waals surface area (Å²) in [5, 5.41) is 2.92. The van der Waals surface area contributed by atoms with Crippen molar-refractivity contribution in [3.8, 4) is 5.75 Å². The lowest BCUT2D eigenvalue weighted by atomic mass is 9.90. The smallest absolute Gasteiger partial charge is 0.238 e. The standard InChI is InChI=1S/C20H31N3O3/c1-5-26-17-8-6-16(7-9-17)21-19(25)15-23-12-10-22(11-13-23)14-18(24)20(2,3)4/h6-9H,5,10-15H2,1-4H3,(H,21,25). The Balaban J connectivity index is 1.73. The van der Waals surface area contributed by atoms with Crippen LogP contribution in [0.15, 0.2) is 24.3 Å². The summed E-state index contributed by atoms with van der Waals surface area (Å²) in [4.78, 5) is 28.7. The Bertz CT molecular complexity index is 600. The van der Waals surface area contributed by atoms with Crippen molar-refractivity contribution in [3.05, 3.63) is 24.3 Å². The van der Waals surface area contributed by atoms with Crippen LogP contribution < -0.4 is 10.1 Å². The predicted molar refractivity (Wildman–Crippen MR) is 104 cm³/mol. The highest BCUT2D eigenvalue weighted by molar-refractivity contribution is 5.92. The third-order valence-corrected chi connectivity index (χ3v) is 4.48. The lowest BCUT2D eigenvalue weighted by Crippen LogP contribution is -2.50. The summed E-state index contributed by atoms with van der Waals surface area (Å²) in [7, 11) is 0. The Morgan fingerprint density at radius 2 is 1.54 bits per heavy atom. The molecule has 1 saturated heterocycles. The average molecular weight is 361 g/mol. The van der Waals surface area contributed by atoms with E-state index in [0.717, 1.165) is 37.6 Å². The molecule has 0 atom stereocenters. The first-order chi connectivity index (χ1) is 12.3. The van der Waals surface area contributed by atoms with E-state index in [9.17, 15) is 9.59 Å². The second kappa shape index (κ2) is 9.14. The SMILES string of the molecule is CCOc1ccc(NC(=O)CN2CCN(CC(=O)C(C)(C)C)CC2)cc1. The minimum atomic E-state index is -0.297. The first kappa shape index (κ1) is 20.4.